The van der Waals surface area contributed by atoms with Crippen LogP contribution in [-0.4, -0.2) is 67.4 Å². The van der Waals surface area contributed by atoms with E-state index < -0.39 is 10.0 Å². The summed E-state index contributed by atoms with van der Waals surface area (Å²) in [5.74, 6) is 0.352. The summed E-state index contributed by atoms with van der Waals surface area (Å²) in [6.07, 6.45) is 6.57. The van der Waals surface area contributed by atoms with Gasteiger partial charge in [-0.2, -0.15) is 4.31 Å². The van der Waals surface area contributed by atoms with Crippen LogP contribution in [0.4, 0.5) is 0 Å². The largest absolute Gasteiger partial charge is 0.379 e. The fourth-order valence-corrected chi connectivity index (χ4v) is 6.97. The van der Waals surface area contributed by atoms with Crippen molar-refractivity contribution in [1.82, 2.24) is 14.2 Å². The van der Waals surface area contributed by atoms with Gasteiger partial charge in [0.15, 0.2) is 0 Å². The Morgan fingerprint density at radius 1 is 1.00 bits per heavy atom. The van der Waals surface area contributed by atoms with E-state index in [1.165, 1.54) is 28.9 Å². The lowest BCUT2D eigenvalue weighted by Gasteiger charge is -2.44. The third-order valence-corrected chi connectivity index (χ3v) is 9.05. The zero-order valence-corrected chi connectivity index (χ0v) is 18.9. The number of benzene rings is 1. The summed E-state index contributed by atoms with van der Waals surface area (Å²) >= 11 is 0. The van der Waals surface area contributed by atoms with E-state index in [0.29, 0.717) is 49.7 Å². The number of hydrogen-bond donors (Lipinski definition) is 1. The standard InChI is InChI=1S/C23H29N3O5S/c27-22-15-19(23(28)26-9-3-5-16-4-1-2-6-21(16)26)18-14-17(7-8-20(18)24-22)32(29,30)25-10-12-31-13-11-25/h7-8,14-16,21H,1-6,9-13H2,(H,24,27). The van der Waals surface area contributed by atoms with Crippen LogP contribution in [0.3, 0.4) is 0 Å². The summed E-state index contributed by atoms with van der Waals surface area (Å²) in [7, 11) is -3.71. The van der Waals surface area contributed by atoms with Crippen LogP contribution < -0.4 is 5.56 Å². The number of pyridine rings is 1. The lowest BCUT2D eigenvalue weighted by molar-refractivity contribution is 0.0392. The van der Waals surface area contributed by atoms with Crippen molar-refractivity contribution in [3.05, 3.63) is 40.2 Å². The minimum atomic E-state index is -3.71. The highest BCUT2D eigenvalue weighted by atomic mass is 32.2. The molecule has 1 aromatic heterocycles. The minimum absolute atomic E-state index is 0.127. The second kappa shape index (κ2) is 8.61. The zero-order valence-electron chi connectivity index (χ0n) is 18.1. The van der Waals surface area contributed by atoms with Crippen LogP contribution in [0.2, 0.25) is 0 Å². The van der Waals surface area contributed by atoms with E-state index in [4.69, 9.17) is 4.74 Å². The van der Waals surface area contributed by atoms with Crippen molar-refractivity contribution in [2.24, 2.45) is 5.92 Å². The minimum Gasteiger partial charge on any atom is -0.379 e. The monoisotopic (exact) mass is 459 g/mol. The molecule has 3 fully saturated rings. The van der Waals surface area contributed by atoms with Gasteiger partial charge in [0.25, 0.3) is 5.91 Å². The van der Waals surface area contributed by atoms with E-state index in [1.807, 2.05) is 4.90 Å². The number of morpholine rings is 1. The number of sulfonamides is 1. The van der Waals surface area contributed by atoms with Gasteiger partial charge in [-0.25, -0.2) is 8.42 Å². The zero-order chi connectivity index (χ0) is 22.3. The van der Waals surface area contributed by atoms with Crippen molar-refractivity contribution in [3.8, 4) is 0 Å². The van der Waals surface area contributed by atoms with Gasteiger partial charge in [-0.15, -0.1) is 0 Å². The van der Waals surface area contributed by atoms with Gasteiger partial charge < -0.3 is 14.6 Å². The second-order valence-corrected chi connectivity index (χ2v) is 11.0. The molecule has 1 aliphatic carbocycles. The molecule has 2 saturated heterocycles. The normalized spacial score (nSPS) is 24.9. The van der Waals surface area contributed by atoms with Crippen molar-refractivity contribution in [3.63, 3.8) is 0 Å². The van der Waals surface area contributed by atoms with E-state index >= 15 is 0 Å². The number of likely N-dealkylation sites (tertiary alicyclic amines) is 1. The van der Waals surface area contributed by atoms with Crippen LogP contribution in [0.1, 0.15) is 48.9 Å². The van der Waals surface area contributed by atoms with Crippen molar-refractivity contribution < 1.29 is 17.9 Å². The molecule has 0 spiro atoms. The van der Waals surface area contributed by atoms with Gasteiger partial charge in [0.1, 0.15) is 0 Å². The number of fused-ring (bicyclic) bond motifs is 2. The van der Waals surface area contributed by atoms with Crippen molar-refractivity contribution in [2.45, 2.75) is 49.5 Å². The average molecular weight is 460 g/mol. The molecule has 3 aliphatic rings. The molecule has 2 aliphatic heterocycles. The van der Waals surface area contributed by atoms with E-state index in [9.17, 15) is 18.0 Å². The maximum Gasteiger partial charge on any atom is 0.255 e. The van der Waals surface area contributed by atoms with Gasteiger partial charge in [0.05, 0.1) is 23.7 Å². The number of piperidine rings is 1. The first-order valence-electron chi connectivity index (χ1n) is 11.5. The molecule has 2 aromatic rings. The molecule has 32 heavy (non-hydrogen) atoms. The van der Waals surface area contributed by atoms with Crippen LogP contribution in [-0.2, 0) is 14.8 Å². The van der Waals surface area contributed by atoms with Gasteiger partial charge >= 0.3 is 0 Å². The Morgan fingerprint density at radius 2 is 1.75 bits per heavy atom. The number of carbonyl (C=O) groups excluding carboxylic acids is 1. The number of aromatic amines is 1. The predicted octanol–water partition coefficient (Wildman–Crippen LogP) is 2.34. The molecule has 2 atom stereocenters. The lowest BCUT2D eigenvalue weighted by Crippen LogP contribution is -2.49. The quantitative estimate of drug-likeness (QED) is 0.760. The summed E-state index contributed by atoms with van der Waals surface area (Å²) < 4.78 is 33.0. The maximum absolute atomic E-state index is 13.7. The maximum atomic E-state index is 13.7. The highest BCUT2D eigenvalue weighted by molar-refractivity contribution is 7.89. The number of nitrogens with zero attached hydrogens (tertiary/aromatic N) is 2. The molecular formula is C23H29N3O5S. The van der Waals surface area contributed by atoms with Gasteiger partial charge in [0.2, 0.25) is 15.6 Å². The first-order chi connectivity index (χ1) is 15.4. The average Bonchev–Trinajstić information content (AvgIpc) is 2.83. The number of ether oxygens (including phenoxy) is 1. The van der Waals surface area contributed by atoms with E-state index in [0.717, 1.165) is 32.1 Å². The molecule has 172 valence electrons. The fourth-order valence-electron chi connectivity index (χ4n) is 5.54. The number of aromatic nitrogens is 1. The Hall–Kier alpha value is -2.23. The van der Waals surface area contributed by atoms with Crippen LogP contribution in [0.15, 0.2) is 34.0 Å². The van der Waals surface area contributed by atoms with Crippen LogP contribution in [0.25, 0.3) is 10.9 Å². The van der Waals surface area contributed by atoms with Gasteiger partial charge in [-0.1, -0.05) is 12.8 Å². The van der Waals surface area contributed by atoms with Crippen molar-refractivity contribution >= 4 is 26.8 Å². The first-order valence-corrected chi connectivity index (χ1v) is 12.9. The van der Waals surface area contributed by atoms with Crippen LogP contribution in [0.5, 0.6) is 0 Å². The number of amides is 1. The Labute approximate surface area is 187 Å². The number of hydrogen-bond acceptors (Lipinski definition) is 5. The van der Waals surface area contributed by atoms with Gasteiger partial charge in [-0.05, 0) is 49.8 Å². The lowest BCUT2D eigenvalue weighted by atomic mass is 9.78. The Kier molecular flexibility index (Phi) is 5.81. The second-order valence-electron chi connectivity index (χ2n) is 9.02. The van der Waals surface area contributed by atoms with Gasteiger partial charge in [0, 0.05) is 42.6 Å². The smallest absolute Gasteiger partial charge is 0.255 e. The molecule has 1 N–H and O–H groups in total. The molecule has 2 unspecified atom stereocenters. The third kappa shape index (κ3) is 3.86. The highest BCUT2D eigenvalue weighted by Crippen LogP contribution is 2.36. The summed E-state index contributed by atoms with van der Waals surface area (Å²) in [5, 5.41) is 0.474. The molecule has 1 aromatic carbocycles. The van der Waals surface area contributed by atoms with Gasteiger partial charge in [-0.3, -0.25) is 9.59 Å². The number of rotatable bonds is 3. The molecule has 8 nitrogen and oxygen atoms in total. The summed E-state index contributed by atoms with van der Waals surface area (Å²) in [4.78, 5) is 30.8. The van der Waals surface area contributed by atoms with Crippen LogP contribution in [0, 0.1) is 5.92 Å². The summed E-state index contributed by atoms with van der Waals surface area (Å²) in [5.41, 5.74) is 0.398. The summed E-state index contributed by atoms with van der Waals surface area (Å²) in [6, 6.07) is 6.14. The summed E-state index contributed by atoms with van der Waals surface area (Å²) in [6.45, 7) is 2.01. The number of H-pyrrole nitrogens is 1. The molecule has 5 rings (SSSR count). The van der Waals surface area contributed by atoms with Crippen molar-refractivity contribution in [2.75, 3.05) is 32.8 Å². The number of carbonyl (C=O) groups is 1. The van der Waals surface area contributed by atoms with Crippen LogP contribution >= 0.6 is 0 Å². The molecule has 0 bridgehead atoms. The third-order valence-electron chi connectivity index (χ3n) is 7.16. The Balaban J connectivity index is 1.56. The molecule has 1 saturated carbocycles. The van der Waals surface area contributed by atoms with Crippen molar-refractivity contribution in [1.29, 1.82) is 0 Å². The Bertz CT molecular complexity index is 1180. The topological polar surface area (TPSA) is 99.8 Å². The number of nitrogens with one attached hydrogen (secondary N) is 1. The van der Waals surface area contributed by atoms with E-state index in [-0.39, 0.29) is 28.0 Å². The SMILES string of the molecule is O=C(c1cc(=O)[nH]c2ccc(S(=O)(=O)N3CCOCC3)cc12)N1CCCC2CCCCC21. The van der Waals surface area contributed by atoms with E-state index in [2.05, 4.69) is 4.98 Å². The van der Waals surface area contributed by atoms with E-state index in [1.54, 1.807) is 6.07 Å². The Morgan fingerprint density at radius 3 is 2.56 bits per heavy atom. The predicted molar refractivity (Wildman–Crippen MR) is 120 cm³/mol. The highest BCUT2D eigenvalue weighted by Gasteiger charge is 2.36. The fraction of sp³-hybridized carbons (Fsp3) is 0.565. The molecule has 1 amide bonds. The molecule has 0 radical (unpaired) electrons. The molecular weight excluding hydrogens is 430 g/mol. The first kappa shape index (κ1) is 21.6. The molecule has 9 heteroatoms. The molecule has 3 heterocycles.